The van der Waals surface area contributed by atoms with Gasteiger partial charge in [-0.2, -0.15) is 0 Å². The highest BCUT2D eigenvalue weighted by Crippen LogP contribution is 2.76. The number of fused-ring (bicyclic) bond motifs is 5. The Bertz CT molecular complexity index is 1040. The summed E-state index contributed by atoms with van der Waals surface area (Å²) >= 11 is 0. The van der Waals surface area contributed by atoms with Crippen molar-refractivity contribution in [2.24, 2.45) is 40.9 Å². The lowest BCUT2D eigenvalue weighted by molar-refractivity contribution is -0.187. The minimum Gasteiger partial charge on any atom is -0.458 e. The van der Waals surface area contributed by atoms with E-state index >= 15 is 0 Å². The minimum atomic E-state index is -1.76. The average Bonchev–Trinajstić information content (AvgIpc) is 3.66. The fourth-order valence-corrected chi connectivity index (χ4v) is 8.86. The van der Waals surface area contributed by atoms with Crippen molar-refractivity contribution < 1.29 is 29.6 Å². The Kier molecular flexibility index (Phi) is 7.05. The van der Waals surface area contributed by atoms with Crippen LogP contribution >= 0.6 is 0 Å². The molecule has 0 bridgehead atoms. The van der Waals surface area contributed by atoms with Crippen molar-refractivity contribution in [1.82, 2.24) is 0 Å². The second kappa shape index (κ2) is 9.55. The quantitative estimate of drug-likeness (QED) is 0.212. The van der Waals surface area contributed by atoms with E-state index in [2.05, 4.69) is 20.8 Å². The van der Waals surface area contributed by atoms with Crippen molar-refractivity contribution in [2.75, 3.05) is 6.61 Å². The van der Waals surface area contributed by atoms with E-state index in [1.54, 1.807) is 13.0 Å². The Morgan fingerprint density at radius 3 is 2.39 bits per heavy atom. The molecule has 38 heavy (non-hydrogen) atoms. The number of carbonyl (C=O) groups excluding carboxylic acids is 2. The van der Waals surface area contributed by atoms with Gasteiger partial charge in [0, 0.05) is 36.0 Å². The van der Waals surface area contributed by atoms with Gasteiger partial charge in [0.25, 0.3) is 0 Å². The summed E-state index contributed by atoms with van der Waals surface area (Å²) < 4.78 is 6.31. The Morgan fingerprint density at radius 2 is 1.74 bits per heavy atom. The van der Waals surface area contributed by atoms with E-state index in [1.807, 2.05) is 13.0 Å². The molecule has 0 saturated heterocycles. The molecular formula is C32H48O6. The van der Waals surface area contributed by atoms with Crippen LogP contribution < -0.4 is 0 Å². The summed E-state index contributed by atoms with van der Waals surface area (Å²) in [5, 5.41) is 34.1. The summed E-state index contributed by atoms with van der Waals surface area (Å²) in [6.45, 7) is 9.86. The molecule has 0 heterocycles. The molecule has 0 aromatic rings. The van der Waals surface area contributed by atoms with Crippen LogP contribution in [-0.4, -0.2) is 50.5 Å². The standard InChI is InChI=1S/C32H48O6/c1-19-13-23(19)11-9-7-6-8-10-12-26(34)38-31-16-21(3)32(37)24(27(31)29(31,4)5)15-22(18-33)17-30(36)25(32)14-20(2)28(30)35/h14-15,19,21,23-25,27,33,36-37H,6-13,16-18H2,1-5H3/t19?,21-,23?,24+,25-,27-,30-,31+,32-/m1/s1. The third kappa shape index (κ3) is 4.16. The number of aliphatic hydroxyl groups excluding tert-OH is 1. The Balaban J connectivity index is 1.27. The zero-order valence-corrected chi connectivity index (χ0v) is 24.0. The van der Waals surface area contributed by atoms with E-state index in [4.69, 9.17) is 4.74 Å². The largest absolute Gasteiger partial charge is 0.458 e. The summed E-state index contributed by atoms with van der Waals surface area (Å²) in [6.07, 6.45) is 12.8. The van der Waals surface area contributed by atoms with Crippen LogP contribution in [-0.2, 0) is 14.3 Å². The first-order valence-corrected chi connectivity index (χ1v) is 15.0. The van der Waals surface area contributed by atoms with Gasteiger partial charge in [-0.1, -0.05) is 72.0 Å². The summed E-state index contributed by atoms with van der Waals surface area (Å²) in [5.41, 5.74) is -3.19. The number of rotatable bonds is 10. The first-order chi connectivity index (χ1) is 17.8. The zero-order chi connectivity index (χ0) is 27.7. The van der Waals surface area contributed by atoms with E-state index in [1.165, 1.54) is 25.7 Å². The van der Waals surface area contributed by atoms with Gasteiger partial charge in [-0.05, 0) is 55.1 Å². The summed E-state index contributed by atoms with van der Waals surface area (Å²) in [4.78, 5) is 26.1. The van der Waals surface area contributed by atoms with Gasteiger partial charge in [-0.3, -0.25) is 9.59 Å². The van der Waals surface area contributed by atoms with Gasteiger partial charge < -0.3 is 20.1 Å². The predicted octanol–water partition coefficient (Wildman–Crippen LogP) is 4.90. The van der Waals surface area contributed by atoms with Crippen LogP contribution in [0, 0.1) is 40.9 Å². The van der Waals surface area contributed by atoms with E-state index in [0.717, 1.165) is 31.1 Å². The third-order valence-corrected chi connectivity index (χ3v) is 11.4. The van der Waals surface area contributed by atoms with Crippen LogP contribution in [0.1, 0.15) is 98.8 Å². The average molecular weight is 529 g/mol. The molecule has 3 fully saturated rings. The van der Waals surface area contributed by atoms with Gasteiger partial charge in [0.1, 0.15) is 11.2 Å². The first-order valence-electron chi connectivity index (χ1n) is 15.0. The highest BCUT2D eigenvalue weighted by molar-refractivity contribution is 6.04. The van der Waals surface area contributed by atoms with Crippen LogP contribution in [0.3, 0.4) is 0 Å². The lowest BCUT2D eigenvalue weighted by Gasteiger charge is -2.50. The number of ether oxygens (including phenoxy) is 1. The second-order valence-electron chi connectivity index (χ2n) is 14.1. The van der Waals surface area contributed by atoms with Crippen molar-refractivity contribution in [3.05, 3.63) is 23.3 Å². The number of ketones is 1. The summed E-state index contributed by atoms with van der Waals surface area (Å²) in [5.74, 6) is -0.359. The number of esters is 1. The Labute approximate surface area is 227 Å². The van der Waals surface area contributed by atoms with Gasteiger partial charge >= 0.3 is 5.97 Å². The van der Waals surface area contributed by atoms with Crippen molar-refractivity contribution in [3.63, 3.8) is 0 Å². The van der Waals surface area contributed by atoms with Gasteiger partial charge in [0.05, 0.1) is 12.2 Å². The maximum atomic E-state index is 13.1. The minimum absolute atomic E-state index is 0.00594. The van der Waals surface area contributed by atoms with E-state index in [-0.39, 0.29) is 42.0 Å². The molecule has 6 heteroatoms. The lowest BCUT2D eigenvalue weighted by Crippen LogP contribution is -2.61. The molecule has 3 saturated carbocycles. The monoisotopic (exact) mass is 528 g/mol. The SMILES string of the molecule is CC1=C[C@H]2[C@@]3(O)[C@H](C)C[C@]4(OC(=O)CCCCCCCC5CC5C)[C@H]([C@@H]3C=C(CO)C[C@]2(O)C1=O)C4(C)C. The van der Waals surface area contributed by atoms with Crippen molar-refractivity contribution >= 4 is 11.8 Å². The Morgan fingerprint density at radius 1 is 1.08 bits per heavy atom. The molecule has 5 aliphatic rings. The predicted molar refractivity (Wildman–Crippen MR) is 145 cm³/mol. The number of carbonyl (C=O) groups is 2. The molecule has 0 aromatic heterocycles. The van der Waals surface area contributed by atoms with E-state index in [0.29, 0.717) is 24.0 Å². The number of aliphatic hydroxyl groups is 3. The molecule has 0 aromatic carbocycles. The fourth-order valence-electron chi connectivity index (χ4n) is 8.86. The van der Waals surface area contributed by atoms with Crippen LogP contribution in [0.2, 0.25) is 0 Å². The third-order valence-electron chi connectivity index (χ3n) is 11.4. The van der Waals surface area contributed by atoms with E-state index < -0.39 is 28.6 Å². The topological polar surface area (TPSA) is 104 Å². The lowest BCUT2D eigenvalue weighted by atomic mass is 9.60. The van der Waals surface area contributed by atoms with Crippen LogP contribution in [0.15, 0.2) is 23.3 Å². The maximum Gasteiger partial charge on any atom is 0.306 e. The molecule has 0 radical (unpaired) electrons. The van der Waals surface area contributed by atoms with Crippen molar-refractivity contribution in [1.29, 1.82) is 0 Å². The van der Waals surface area contributed by atoms with Gasteiger partial charge in [0.15, 0.2) is 5.78 Å². The molecular weight excluding hydrogens is 480 g/mol. The first kappa shape index (κ1) is 28.0. The number of unbranched alkanes of at least 4 members (excludes halogenated alkanes) is 4. The molecule has 212 valence electrons. The van der Waals surface area contributed by atoms with Crippen LogP contribution in [0.25, 0.3) is 0 Å². The smallest absolute Gasteiger partial charge is 0.306 e. The molecule has 2 unspecified atom stereocenters. The van der Waals surface area contributed by atoms with Crippen LogP contribution in [0.5, 0.6) is 0 Å². The number of hydrogen-bond donors (Lipinski definition) is 3. The molecule has 3 N–H and O–H groups in total. The number of hydrogen-bond acceptors (Lipinski definition) is 6. The molecule has 0 amide bonds. The highest BCUT2D eigenvalue weighted by atomic mass is 16.6. The fraction of sp³-hybridized carbons (Fsp3) is 0.812. The zero-order valence-electron chi connectivity index (χ0n) is 24.0. The summed E-state index contributed by atoms with van der Waals surface area (Å²) in [7, 11) is 0. The summed E-state index contributed by atoms with van der Waals surface area (Å²) in [6, 6.07) is 0. The molecule has 9 atom stereocenters. The Hall–Kier alpha value is -1.50. The molecule has 5 aliphatic carbocycles. The van der Waals surface area contributed by atoms with Gasteiger partial charge in [-0.15, -0.1) is 0 Å². The number of Topliss-reactive ketones (excluding diaryl/α,β-unsaturated/α-hetero) is 1. The molecule has 6 nitrogen and oxygen atoms in total. The molecule has 0 spiro atoms. The van der Waals surface area contributed by atoms with Crippen molar-refractivity contribution in [3.8, 4) is 0 Å². The normalized spacial score (nSPS) is 44.3. The highest BCUT2D eigenvalue weighted by Gasteiger charge is 2.83. The maximum absolute atomic E-state index is 13.1. The van der Waals surface area contributed by atoms with Crippen molar-refractivity contribution in [2.45, 2.75) is 116 Å². The van der Waals surface area contributed by atoms with Crippen LogP contribution in [0.4, 0.5) is 0 Å². The second-order valence-corrected chi connectivity index (χ2v) is 14.1. The van der Waals surface area contributed by atoms with Gasteiger partial charge in [-0.25, -0.2) is 0 Å². The van der Waals surface area contributed by atoms with E-state index in [9.17, 15) is 24.9 Å². The molecule has 5 rings (SSSR count). The molecule has 0 aliphatic heterocycles. The van der Waals surface area contributed by atoms with Gasteiger partial charge in [0.2, 0.25) is 0 Å².